The molecule has 2 aromatic heterocycles. The van der Waals surface area contributed by atoms with E-state index in [4.69, 9.17) is 5.11 Å². The fraction of sp³-hybridized carbons (Fsp3) is 0.533. The van der Waals surface area contributed by atoms with E-state index in [0.29, 0.717) is 11.6 Å². The van der Waals surface area contributed by atoms with Crippen LogP contribution in [0.1, 0.15) is 48.4 Å². The molecule has 0 aliphatic heterocycles. The summed E-state index contributed by atoms with van der Waals surface area (Å²) in [5.41, 5.74) is 1.52. The number of aromatic carboxylic acids is 1. The summed E-state index contributed by atoms with van der Waals surface area (Å²) < 4.78 is 1.94. The Balaban J connectivity index is 1.91. The number of hydrogen-bond donors (Lipinski definition) is 1. The van der Waals surface area contributed by atoms with Gasteiger partial charge >= 0.3 is 5.97 Å². The van der Waals surface area contributed by atoms with Crippen molar-refractivity contribution in [1.29, 1.82) is 0 Å². The molecule has 0 aromatic carbocycles. The number of nitrogens with zero attached hydrogens (tertiary/aromatic N) is 3. The zero-order valence-electron chi connectivity index (χ0n) is 11.7. The van der Waals surface area contributed by atoms with Crippen LogP contribution in [0.15, 0.2) is 12.1 Å². The van der Waals surface area contributed by atoms with Crippen LogP contribution in [-0.4, -0.2) is 25.6 Å². The van der Waals surface area contributed by atoms with Crippen molar-refractivity contribution in [2.24, 2.45) is 13.0 Å². The lowest BCUT2D eigenvalue weighted by atomic mass is 9.87. The highest BCUT2D eigenvalue weighted by molar-refractivity contribution is 5.88. The van der Waals surface area contributed by atoms with Crippen molar-refractivity contribution in [3.8, 4) is 0 Å². The molecule has 0 amide bonds. The molecule has 0 spiro atoms. The zero-order chi connectivity index (χ0) is 14.1. The monoisotopic (exact) mass is 273 g/mol. The number of rotatable bonds is 3. The summed E-state index contributed by atoms with van der Waals surface area (Å²) in [6.45, 7) is 0. The number of aromatic nitrogens is 3. The van der Waals surface area contributed by atoms with E-state index in [2.05, 4.69) is 9.97 Å². The van der Waals surface area contributed by atoms with Crippen molar-refractivity contribution in [3.63, 3.8) is 0 Å². The Kier molecular flexibility index (Phi) is 3.42. The number of carboxylic acids is 1. The van der Waals surface area contributed by atoms with Crippen LogP contribution in [-0.2, 0) is 13.5 Å². The Morgan fingerprint density at radius 3 is 2.75 bits per heavy atom. The first kappa shape index (κ1) is 13.1. The second kappa shape index (κ2) is 5.23. The molecule has 0 atom stereocenters. The van der Waals surface area contributed by atoms with Crippen LogP contribution >= 0.6 is 0 Å². The second-order valence-corrected chi connectivity index (χ2v) is 5.64. The number of hydrogen-bond acceptors (Lipinski definition) is 3. The molecule has 1 fully saturated rings. The summed E-state index contributed by atoms with van der Waals surface area (Å²) in [5.74, 6) is 0.724. The van der Waals surface area contributed by atoms with Crippen LogP contribution in [0.3, 0.4) is 0 Å². The predicted octanol–water partition coefficient (Wildman–Crippen LogP) is 2.79. The number of fused-ring (bicyclic) bond motifs is 1. The number of carbonyl (C=O) groups is 1. The van der Waals surface area contributed by atoms with Crippen LogP contribution < -0.4 is 0 Å². The van der Waals surface area contributed by atoms with Gasteiger partial charge in [0.15, 0.2) is 11.3 Å². The van der Waals surface area contributed by atoms with Crippen LogP contribution in [0, 0.1) is 5.92 Å². The highest BCUT2D eigenvalue weighted by Gasteiger charge is 2.18. The summed E-state index contributed by atoms with van der Waals surface area (Å²) in [4.78, 5) is 19.8. The van der Waals surface area contributed by atoms with Crippen molar-refractivity contribution < 1.29 is 9.90 Å². The maximum absolute atomic E-state index is 11.0. The Morgan fingerprint density at radius 1 is 1.30 bits per heavy atom. The van der Waals surface area contributed by atoms with Crippen molar-refractivity contribution in [3.05, 3.63) is 23.7 Å². The molecule has 3 rings (SSSR count). The van der Waals surface area contributed by atoms with E-state index in [0.717, 1.165) is 17.8 Å². The molecule has 20 heavy (non-hydrogen) atoms. The first-order valence-corrected chi connectivity index (χ1v) is 7.21. The fourth-order valence-corrected chi connectivity index (χ4v) is 3.06. The van der Waals surface area contributed by atoms with E-state index in [9.17, 15) is 4.79 Å². The van der Waals surface area contributed by atoms with Gasteiger partial charge in [-0.1, -0.05) is 32.1 Å². The van der Waals surface area contributed by atoms with Crippen LogP contribution in [0.2, 0.25) is 0 Å². The average molecular weight is 273 g/mol. The normalized spacial score (nSPS) is 16.6. The summed E-state index contributed by atoms with van der Waals surface area (Å²) in [6.07, 6.45) is 7.50. The minimum absolute atomic E-state index is 0.0738. The zero-order valence-corrected chi connectivity index (χ0v) is 11.7. The highest BCUT2D eigenvalue weighted by Crippen LogP contribution is 2.27. The molecule has 0 saturated heterocycles. The van der Waals surface area contributed by atoms with Gasteiger partial charge < -0.3 is 9.67 Å². The molecular weight excluding hydrogens is 254 g/mol. The van der Waals surface area contributed by atoms with Gasteiger partial charge in [0, 0.05) is 13.5 Å². The lowest BCUT2D eigenvalue weighted by Gasteiger charge is -2.20. The minimum Gasteiger partial charge on any atom is -0.477 e. The van der Waals surface area contributed by atoms with Gasteiger partial charge in [0.05, 0.1) is 0 Å². The molecule has 0 radical (unpaired) electrons. The van der Waals surface area contributed by atoms with E-state index < -0.39 is 5.97 Å². The minimum atomic E-state index is -0.998. The van der Waals surface area contributed by atoms with Crippen molar-refractivity contribution in [1.82, 2.24) is 14.5 Å². The van der Waals surface area contributed by atoms with Crippen LogP contribution in [0.5, 0.6) is 0 Å². The number of imidazole rings is 1. The molecule has 5 nitrogen and oxygen atoms in total. The molecule has 0 unspecified atom stereocenters. The van der Waals surface area contributed by atoms with Crippen LogP contribution in [0.4, 0.5) is 0 Å². The average Bonchev–Trinajstić information content (AvgIpc) is 2.76. The Bertz CT molecular complexity index is 642. The maximum atomic E-state index is 11.0. The quantitative estimate of drug-likeness (QED) is 0.933. The van der Waals surface area contributed by atoms with E-state index in [1.54, 1.807) is 6.07 Å². The Labute approximate surface area is 117 Å². The third-order valence-corrected chi connectivity index (χ3v) is 4.22. The SMILES string of the molecule is Cn1c(CC2CCCCC2)nc2ccc(C(=O)O)nc21. The van der Waals surface area contributed by atoms with Crippen LogP contribution in [0.25, 0.3) is 11.2 Å². The lowest BCUT2D eigenvalue weighted by Crippen LogP contribution is -2.12. The van der Waals surface area contributed by atoms with Gasteiger partial charge in [-0.2, -0.15) is 0 Å². The Hall–Kier alpha value is -1.91. The molecule has 0 bridgehead atoms. The maximum Gasteiger partial charge on any atom is 0.354 e. The topological polar surface area (TPSA) is 68.0 Å². The molecular formula is C15H19N3O2. The van der Waals surface area contributed by atoms with Crippen molar-refractivity contribution in [2.75, 3.05) is 0 Å². The molecule has 1 aliphatic rings. The summed E-state index contributed by atoms with van der Waals surface area (Å²) in [7, 11) is 1.92. The molecule has 106 valence electrons. The molecule has 1 aliphatic carbocycles. The van der Waals surface area contributed by atoms with Crippen molar-refractivity contribution >= 4 is 17.1 Å². The van der Waals surface area contributed by atoms with Gasteiger partial charge in [0.2, 0.25) is 0 Å². The summed E-state index contributed by atoms with van der Waals surface area (Å²) in [6, 6.07) is 3.26. The van der Waals surface area contributed by atoms with Gasteiger partial charge in [0.1, 0.15) is 11.3 Å². The first-order valence-electron chi connectivity index (χ1n) is 7.21. The van der Waals surface area contributed by atoms with E-state index >= 15 is 0 Å². The third kappa shape index (κ3) is 2.40. The van der Waals surface area contributed by atoms with E-state index in [1.807, 2.05) is 11.6 Å². The molecule has 1 saturated carbocycles. The second-order valence-electron chi connectivity index (χ2n) is 5.64. The first-order chi connectivity index (χ1) is 9.65. The molecule has 1 N–H and O–H groups in total. The number of aryl methyl sites for hydroxylation is 1. The summed E-state index contributed by atoms with van der Waals surface area (Å²) >= 11 is 0. The van der Waals surface area contributed by atoms with Gasteiger partial charge in [0.25, 0.3) is 0 Å². The van der Waals surface area contributed by atoms with Gasteiger partial charge in [-0.15, -0.1) is 0 Å². The fourth-order valence-electron chi connectivity index (χ4n) is 3.06. The molecule has 2 aromatic rings. The van der Waals surface area contributed by atoms with Crippen molar-refractivity contribution in [2.45, 2.75) is 38.5 Å². The lowest BCUT2D eigenvalue weighted by molar-refractivity contribution is 0.0691. The number of carboxylic acid groups (broad SMARTS) is 1. The number of pyridine rings is 1. The largest absolute Gasteiger partial charge is 0.477 e. The van der Waals surface area contributed by atoms with E-state index in [-0.39, 0.29) is 5.69 Å². The summed E-state index contributed by atoms with van der Waals surface area (Å²) in [5, 5.41) is 9.01. The highest BCUT2D eigenvalue weighted by atomic mass is 16.4. The molecule has 5 heteroatoms. The van der Waals surface area contributed by atoms with Gasteiger partial charge in [-0.05, 0) is 18.1 Å². The smallest absolute Gasteiger partial charge is 0.354 e. The van der Waals surface area contributed by atoms with Gasteiger partial charge in [-0.3, -0.25) is 0 Å². The molecule has 2 heterocycles. The predicted molar refractivity (Wildman–Crippen MR) is 75.7 cm³/mol. The Morgan fingerprint density at radius 2 is 2.05 bits per heavy atom. The van der Waals surface area contributed by atoms with E-state index in [1.165, 1.54) is 38.2 Å². The third-order valence-electron chi connectivity index (χ3n) is 4.22. The van der Waals surface area contributed by atoms with Gasteiger partial charge in [-0.25, -0.2) is 14.8 Å². The standard InChI is InChI=1S/C15H19N3O2/c1-18-13(9-10-5-3-2-4-6-10)16-11-7-8-12(15(19)20)17-14(11)18/h7-8,10H,2-6,9H2,1H3,(H,19,20).